The topological polar surface area (TPSA) is 71.7 Å². The van der Waals surface area contributed by atoms with Crippen molar-refractivity contribution in [1.29, 1.82) is 5.26 Å². The van der Waals surface area contributed by atoms with E-state index in [-0.39, 0.29) is 0 Å². The molecule has 0 aliphatic heterocycles. The van der Waals surface area contributed by atoms with Crippen molar-refractivity contribution in [1.82, 2.24) is 15.0 Å². The molecular formula is C20H16N4O. The predicted molar refractivity (Wildman–Crippen MR) is 92.8 cm³/mol. The van der Waals surface area contributed by atoms with Crippen LogP contribution in [-0.4, -0.2) is 15.0 Å². The highest BCUT2D eigenvalue weighted by Crippen LogP contribution is 2.33. The molecule has 0 saturated heterocycles. The second-order valence-electron chi connectivity index (χ2n) is 6.01. The number of benzene rings is 1. The van der Waals surface area contributed by atoms with Crippen molar-refractivity contribution in [2.75, 3.05) is 0 Å². The van der Waals surface area contributed by atoms with Crippen LogP contribution in [0.1, 0.15) is 28.8 Å². The van der Waals surface area contributed by atoms with Crippen molar-refractivity contribution in [2.45, 2.75) is 25.9 Å². The smallest absolute Gasteiger partial charge is 0.214 e. The first-order valence-electron chi connectivity index (χ1n) is 8.23. The van der Waals surface area contributed by atoms with Crippen molar-refractivity contribution in [3.8, 4) is 23.1 Å². The Balaban J connectivity index is 1.63. The molecule has 0 atom stereocenters. The van der Waals surface area contributed by atoms with E-state index < -0.39 is 0 Å². The monoisotopic (exact) mass is 328 g/mol. The van der Waals surface area contributed by atoms with E-state index in [1.807, 2.05) is 36.7 Å². The average Bonchev–Trinajstić information content (AvgIpc) is 3.15. The zero-order chi connectivity index (χ0) is 17.1. The number of aromatic nitrogens is 3. The van der Waals surface area contributed by atoms with Gasteiger partial charge in [0.1, 0.15) is 12.9 Å². The summed E-state index contributed by atoms with van der Waals surface area (Å²) in [4.78, 5) is 12.9. The standard InChI is InChI=1S/C20H16N4O/c21-9-14-3-1-4-15(7-14)12-25-20-8-18(16-10-22-13-23-11-16)17-5-2-6-19(17)24-20/h1,3-4,7-8,10-11,13H,2,5-6,12H2. The molecule has 0 saturated carbocycles. The van der Waals surface area contributed by atoms with Crippen molar-refractivity contribution in [3.63, 3.8) is 0 Å². The van der Waals surface area contributed by atoms with Crippen LogP contribution in [0.5, 0.6) is 5.88 Å². The summed E-state index contributed by atoms with van der Waals surface area (Å²) in [5.74, 6) is 0.599. The molecule has 3 aromatic rings. The van der Waals surface area contributed by atoms with Crippen LogP contribution in [-0.2, 0) is 19.4 Å². The number of nitrogens with zero attached hydrogens (tertiary/aromatic N) is 4. The molecule has 1 aliphatic rings. The third-order valence-corrected chi connectivity index (χ3v) is 4.34. The normalized spacial score (nSPS) is 12.4. The summed E-state index contributed by atoms with van der Waals surface area (Å²) in [6.45, 7) is 0.381. The summed E-state index contributed by atoms with van der Waals surface area (Å²) in [6, 6.07) is 11.5. The van der Waals surface area contributed by atoms with Crippen LogP contribution < -0.4 is 4.74 Å². The van der Waals surface area contributed by atoms with Gasteiger partial charge in [0.25, 0.3) is 0 Å². The van der Waals surface area contributed by atoms with Gasteiger partial charge in [0.05, 0.1) is 11.6 Å². The molecule has 0 amide bonds. The molecular weight excluding hydrogens is 312 g/mol. The van der Waals surface area contributed by atoms with E-state index in [9.17, 15) is 0 Å². The fourth-order valence-electron chi connectivity index (χ4n) is 3.17. The largest absolute Gasteiger partial charge is 0.473 e. The lowest BCUT2D eigenvalue weighted by Crippen LogP contribution is -2.01. The van der Waals surface area contributed by atoms with Crippen LogP contribution >= 0.6 is 0 Å². The van der Waals surface area contributed by atoms with Crippen LogP contribution in [0, 0.1) is 11.3 Å². The highest BCUT2D eigenvalue weighted by Gasteiger charge is 2.19. The molecule has 2 heterocycles. The van der Waals surface area contributed by atoms with Gasteiger partial charge in [0.2, 0.25) is 5.88 Å². The summed E-state index contributed by atoms with van der Waals surface area (Å²) >= 11 is 0. The first kappa shape index (κ1) is 15.3. The van der Waals surface area contributed by atoms with Gasteiger partial charge in [-0.2, -0.15) is 5.26 Å². The van der Waals surface area contributed by atoms with Gasteiger partial charge >= 0.3 is 0 Å². The summed E-state index contributed by atoms with van der Waals surface area (Å²) in [6.07, 6.45) is 8.28. The minimum Gasteiger partial charge on any atom is -0.473 e. The zero-order valence-electron chi connectivity index (χ0n) is 13.6. The number of rotatable bonds is 4. The lowest BCUT2D eigenvalue weighted by molar-refractivity contribution is 0.293. The van der Waals surface area contributed by atoms with Crippen molar-refractivity contribution >= 4 is 0 Å². The minimum atomic E-state index is 0.381. The van der Waals surface area contributed by atoms with Gasteiger partial charge < -0.3 is 4.74 Å². The van der Waals surface area contributed by atoms with Crippen LogP contribution in [0.15, 0.2) is 49.1 Å². The SMILES string of the molecule is N#Cc1cccc(COc2cc(-c3cncnc3)c3c(n2)CCC3)c1. The average molecular weight is 328 g/mol. The van der Waals surface area contributed by atoms with Gasteiger partial charge in [-0.15, -0.1) is 0 Å². The minimum absolute atomic E-state index is 0.381. The number of nitriles is 1. The fourth-order valence-corrected chi connectivity index (χ4v) is 3.17. The lowest BCUT2D eigenvalue weighted by Gasteiger charge is -2.12. The number of aryl methyl sites for hydroxylation is 1. The van der Waals surface area contributed by atoms with E-state index in [1.54, 1.807) is 6.07 Å². The van der Waals surface area contributed by atoms with Crippen LogP contribution in [0.4, 0.5) is 0 Å². The Morgan fingerprint density at radius 3 is 2.84 bits per heavy atom. The Hall–Kier alpha value is -3.26. The van der Waals surface area contributed by atoms with E-state index in [2.05, 4.69) is 21.0 Å². The van der Waals surface area contributed by atoms with E-state index in [0.29, 0.717) is 18.1 Å². The predicted octanol–water partition coefficient (Wildman–Crippen LogP) is 3.48. The van der Waals surface area contributed by atoms with E-state index in [0.717, 1.165) is 41.6 Å². The van der Waals surface area contributed by atoms with Crippen LogP contribution in [0.2, 0.25) is 0 Å². The van der Waals surface area contributed by atoms with Crippen molar-refractivity contribution in [3.05, 3.63) is 71.4 Å². The molecule has 122 valence electrons. The van der Waals surface area contributed by atoms with Gasteiger partial charge in [0.15, 0.2) is 0 Å². The quantitative estimate of drug-likeness (QED) is 0.733. The molecule has 0 radical (unpaired) electrons. The molecule has 0 spiro atoms. The molecule has 1 aliphatic carbocycles. The molecule has 0 N–H and O–H groups in total. The van der Waals surface area contributed by atoms with Gasteiger partial charge in [-0.05, 0) is 48.1 Å². The summed E-state index contributed by atoms with van der Waals surface area (Å²) in [7, 11) is 0. The van der Waals surface area contributed by atoms with Gasteiger partial charge in [-0.1, -0.05) is 12.1 Å². The van der Waals surface area contributed by atoms with Crippen LogP contribution in [0.3, 0.4) is 0 Å². The third kappa shape index (κ3) is 3.20. The first-order chi connectivity index (χ1) is 12.3. The summed E-state index contributed by atoms with van der Waals surface area (Å²) in [5, 5.41) is 9.00. The van der Waals surface area contributed by atoms with Crippen molar-refractivity contribution in [2.24, 2.45) is 0 Å². The highest BCUT2D eigenvalue weighted by atomic mass is 16.5. The molecule has 1 aromatic carbocycles. The molecule has 2 aromatic heterocycles. The maximum absolute atomic E-state index is 9.00. The zero-order valence-corrected chi connectivity index (χ0v) is 13.6. The number of pyridine rings is 1. The Morgan fingerprint density at radius 2 is 2.00 bits per heavy atom. The summed E-state index contributed by atoms with van der Waals surface area (Å²) in [5.41, 5.74) is 6.04. The fraction of sp³-hybridized carbons (Fsp3) is 0.200. The number of ether oxygens (including phenoxy) is 1. The highest BCUT2D eigenvalue weighted by molar-refractivity contribution is 5.68. The Morgan fingerprint density at radius 1 is 1.12 bits per heavy atom. The molecule has 5 nitrogen and oxygen atoms in total. The van der Waals surface area contributed by atoms with Gasteiger partial charge in [-0.25, -0.2) is 15.0 Å². The maximum atomic E-state index is 9.00. The molecule has 0 fully saturated rings. The number of fused-ring (bicyclic) bond motifs is 1. The van der Waals surface area contributed by atoms with E-state index in [4.69, 9.17) is 10.00 Å². The maximum Gasteiger partial charge on any atom is 0.214 e. The first-order valence-corrected chi connectivity index (χ1v) is 8.23. The third-order valence-electron chi connectivity index (χ3n) is 4.34. The Kier molecular flexibility index (Phi) is 4.09. The Bertz CT molecular complexity index is 948. The number of hydrogen-bond donors (Lipinski definition) is 0. The lowest BCUT2D eigenvalue weighted by atomic mass is 10.0. The van der Waals surface area contributed by atoms with E-state index in [1.165, 1.54) is 11.9 Å². The van der Waals surface area contributed by atoms with Gasteiger partial charge in [-0.3, -0.25) is 0 Å². The Labute approximate surface area is 146 Å². The second-order valence-corrected chi connectivity index (χ2v) is 6.01. The van der Waals surface area contributed by atoms with Gasteiger partial charge in [0, 0.05) is 29.7 Å². The number of hydrogen-bond acceptors (Lipinski definition) is 5. The van der Waals surface area contributed by atoms with E-state index >= 15 is 0 Å². The van der Waals surface area contributed by atoms with Crippen molar-refractivity contribution < 1.29 is 4.74 Å². The second kappa shape index (κ2) is 6.70. The molecule has 0 bridgehead atoms. The summed E-state index contributed by atoms with van der Waals surface area (Å²) < 4.78 is 5.92. The molecule has 0 unspecified atom stereocenters. The molecule has 25 heavy (non-hydrogen) atoms. The molecule has 4 rings (SSSR count). The van der Waals surface area contributed by atoms with Crippen LogP contribution in [0.25, 0.3) is 11.1 Å². The molecule has 5 heteroatoms.